The number of amides is 1. The SMILES string of the molecule is CCO[C@H]1C[C@@H](O)C12CCN(C(=O)c1oc(C)cc1C)CC2. The number of likely N-dealkylation sites (tertiary alicyclic amines) is 1. The molecule has 1 aromatic heterocycles. The number of aliphatic hydroxyl groups is 1. The first kappa shape index (κ1) is 15.6. The van der Waals surface area contributed by atoms with Gasteiger partial charge in [0.1, 0.15) is 5.76 Å². The Morgan fingerprint density at radius 3 is 2.64 bits per heavy atom. The van der Waals surface area contributed by atoms with E-state index in [4.69, 9.17) is 9.15 Å². The lowest BCUT2D eigenvalue weighted by molar-refractivity contribution is -0.207. The van der Waals surface area contributed by atoms with Crippen LogP contribution >= 0.6 is 0 Å². The van der Waals surface area contributed by atoms with Gasteiger partial charge < -0.3 is 19.2 Å². The van der Waals surface area contributed by atoms with Crippen molar-refractivity contribution >= 4 is 5.91 Å². The minimum absolute atomic E-state index is 0.0396. The van der Waals surface area contributed by atoms with Gasteiger partial charge in [0.2, 0.25) is 0 Å². The third-order valence-corrected chi connectivity index (χ3v) is 5.33. The van der Waals surface area contributed by atoms with E-state index in [1.54, 1.807) is 0 Å². The number of furan rings is 1. The predicted octanol–water partition coefficient (Wildman–Crippen LogP) is 2.29. The summed E-state index contributed by atoms with van der Waals surface area (Å²) in [6.07, 6.45) is 2.15. The number of hydrogen-bond acceptors (Lipinski definition) is 4. The first-order valence-electron chi connectivity index (χ1n) is 8.14. The molecule has 22 heavy (non-hydrogen) atoms. The molecular weight excluding hydrogens is 282 g/mol. The molecule has 0 bridgehead atoms. The zero-order chi connectivity index (χ0) is 15.9. The van der Waals surface area contributed by atoms with Crippen LogP contribution in [0.3, 0.4) is 0 Å². The van der Waals surface area contributed by atoms with Gasteiger partial charge in [-0.15, -0.1) is 0 Å². The van der Waals surface area contributed by atoms with E-state index in [1.165, 1.54) is 0 Å². The van der Waals surface area contributed by atoms with Crippen molar-refractivity contribution in [1.82, 2.24) is 4.90 Å². The second kappa shape index (κ2) is 5.70. The van der Waals surface area contributed by atoms with Crippen LogP contribution in [0, 0.1) is 19.3 Å². The second-order valence-electron chi connectivity index (χ2n) is 6.59. The molecule has 0 unspecified atom stereocenters. The van der Waals surface area contributed by atoms with Gasteiger partial charge in [0.15, 0.2) is 5.76 Å². The highest BCUT2D eigenvalue weighted by atomic mass is 16.5. The Hall–Kier alpha value is -1.33. The van der Waals surface area contributed by atoms with Gasteiger partial charge >= 0.3 is 0 Å². The van der Waals surface area contributed by atoms with Gasteiger partial charge in [0, 0.05) is 37.1 Å². The lowest BCUT2D eigenvalue weighted by Crippen LogP contribution is -2.62. The van der Waals surface area contributed by atoms with Gasteiger partial charge in [-0.05, 0) is 39.7 Å². The zero-order valence-corrected chi connectivity index (χ0v) is 13.6. The number of piperidine rings is 1. The summed E-state index contributed by atoms with van der Waals surface area (Å²) in [5.74, 6) is 1.17. The molecule has 122 valence electrons. The van der Waals surface area contributed by atoms with Gasteiger partial charge in [-0.1, -0.05) is 0 Å². The summed E-state index contributed by atoms with van der Waals surface area (Å²) >= 11 is 0. The molecule has 0 radical (unpaired) electrons. The maximum atomic E-state index is 12.6. The van der Waals surface area contributed by atoms with E-state index in [1.807, 2.05) is 31.7 Å². The Kier molecular flexibility index (Phi) is 4.03. The summed E-state index contributed by atoms with van der Waals surface area (Å²) in [6, 6.07) is 1.89. The topological polar surface area (TPSA) is 62.9 Å². The molecular formula is C17H25NO4. The fourth-order valence-corrected chi connectivity index (χ4v) is 3.94. The second-order valence-corrected chi connectivity index (χ2v) is 6.59. The summed E-state index contributed by atoms with van der Waals surface area (Å²) in [4.78, 5) is 14.4. The zero-order valence-electron chi connectivity index (χ0n) is 13.6. The van der Waals surface area contributed by atoms with Gasteiger partial charge in [0.25, 0.3) is 5.91 Å². The van der Waals surface area contributed by atoms with Crippen LogP contribution in [0.25, 0.3) is 0 Å². The van der Waals surface area contributed by atoms with E-state index < -0.39 is 0 Å². The number of aryl methyl sites for hydroxylation is 2. The molecule has 2 heterocycles. The van der Waals surface area contributed by atoms with Gasteiger partial charge in [-0.3, -0.25) is 4.79 Å². The van der Waals surface area contributed by atoms with Crippen molar-refractivity contribution in [2.75, 3.05) is 19.7 Å². The van der Waals surface area contributed by atoms with Crippen LogP contribution in [0.2, 0.25) is 0 Å². The summed E-state index contributed by atoms with van der Waals surface area (Å²) < 4.78 is 11.3. The van der Waals surface area contributed by atoms with Gasteiger partial charge in [-0.25, -0.2) is 0 Å². The molecule has 1 aliphatic heterocycles. The Labute approximate surface area is 131 Å². The summed E-state index contributed by atoms with van der Waals surface area (Å²) in [6.45, 7) is 7.71. The van der Waals surface area contributed by atoms with Crippen molar-refractivity contribution in [3.8, 4) is 0 Å². The summed E-state index contributed by atoms with van der Waals surface area (Å²) in [7, 11) is 0. The Morgan fingerprint density at radius 2 is 2.14 bits per heavy atom. The molecule has 1 N–H and O–H groups in total. The van der Waals surface area contributed by atoms with E-state index in [0.29, 0.717) is 25.5 Å². The largest absolute Gasteiger partial charge is 0.456 e. The van der Waals surface area contributed by atoms with E-state index in [0.717, 1.165) is 30.6 Å². The van der Waals surface area contributed by atoms with E-state index in [-0.39, 0.29) is 23.5 Å². The van der Waals surface area contributed by atoms with Crippen LogP contribution in [0.1, 0.15) is 48.1 Å². The summed E-state index contributed by atoms with van der Waals surface area (Å²) in [5, 5.41) is 10.2. The molecule has 3 rings (SSSR count). The van der Waals surface area contributed by atoms with Crippen LogP contribution in [-0.4, -0.2) is 47.8 Å². The molecule has 2 aliphatic rings. The molecule has 1 saturated carbocycles. The van der Waals surface area contributed by atoms with Crippen LogP contribution in [-0.2, 0) is 4.74 Å². The molecule has 1 amide bonds. The quantitative estimate of drug-likeness (QED) is 0.930. The fraction of sp³-hybridized carbons (Fsp3) is 0.706. The van der Waals surface area contributed by atoms with Gasteiger partial charge in [-0.2, -0.15) is 0 Å². The van der Waals surface area contributed by atoms with Crippen molar-refractivity contribution in [2.24, 2.45) is 5.41 Å². The average Bonchev–Trinajstić information content (AvgIpc) is 2.85. The molecule has 5 nitrogen and oxygen atoms in total. The predicted molar refractivity (Wildman–Crippen MR) is 81.8 cm³/mol. The molecule has 1 saturated heterocycles. The third kappa shape index (κ3) is 2.36. The highest BCUT2D eigenvalue weighted by Crippen LogP contribution is 2.51. The third-order valence-electron chi connectivity index (χ3n) is 5.33. The number of aliphatic hydroxyl groups excluding tert-OH is 1. The number of carbonyl (C=O) groups excluding carboxylic acids is 1. The molecule has 1 aliphatic carbocycles. The van der Waals surface area contributed by atoms with E-state index in [2.05, 4.69) is 0 Å². The van der Waals surface area contributed by atoms with Crippen molar-refractivity contribution in [3.05, 3.63) is 23.2 Å². The minimum Gasteiger partial charge on any atom is -0.456 e. The Balaban J connectivity index is 1.67. The Bertz CT molecular complexity index is 555. The average molecular weight is 307 g/mol. The normalized spacial score (nSPS) is 27.0. The van der Waals surface area contributed by atoms with Crippen LogP contribution in [0.5, 0.6) is 0 Å². The molecule has 1 spiro atoms. The van der Waals surface area contributed by atoms with Crippen molar-refractivity contribution < 1.29 is 19.1 Å². The van der Waals surface area contributed by atoms with Crippen LogP contribution in [0.4, 0.5) is 0 Å². The number of carbonyl (C=O) groups is 1. The molecule has 2 fully saturated rings. The molecule has 5 heteroatoms. The van der Waals surface area contributed by atoms with Crippen molar-refractivity contribution in [2.45, 2.75) is 52.2 Å². The van der Waals surface area contributed by atoms with Crippen molar-refractivity contribution in [1.29, 1.82) is 0 Å². The smallest absolute Gasteiger partial charge is 0.289 e. The number of rotatable bonds is 3. The lowest BCUT2D eigenvalue weighted by atomic mass is 9.58. The molecule has 1 aromatic rings. The summed E-state index contributed by atoms with van der Waals surface area (Å²) in [5.41, 5.74) is 0.736. The van der Waals surface area contributed by atoms with Crippen LogP contribution < -0.4 is 0 Å². The first-order valence-corrected chi connectivity index (χ1v) is 8.14. The van der Waals surface area contributed by atoms with Gasteiger partial charge in [0.05, 0.1) is 12.2 Å². The standard InChI is InChI=1S/C17H25NO4/c1-4-21-14-10-13(19)17(14)5-7-18(8-6-17)16(20)15-11(2)9-12(3)22-15/h9,13-14,19H,4-8,10H2,1-3H3/t13-,14+/m1/s1. The minimum atomic E-state index is -0.297. The van der Waals surface area contributed by atoms with Crippen LogP contribution in [0.15, 0.2) is 10.5 Å². The number of nitrogens with zero attached hydrogens (tertiary/aromatic N) is 1. The number of hydrogen-bond donors (Lipinski definition) is 1. The maximum absolute atomic E-state index is 12.6. The monoisotopic (exact) mass is 307 g/mol. The van der Waals surface area contributed by atoms with E-state index in [9.17, 15) is 9.90 Å². The highest BCUT2D eigenvalue weighted by molar-refractivity contribution is 5.93. The van der Waals surface area contributed by atoms with Crippen molar-refractivity contribution in [3.63, 3.8) is 0 Å². The highest BCUT2D eigenvalue weighted by Gasteiger charge is 2.56. The Morgan fingerprint density at radius 1 is 1.45 bits per heavy atom. The lowest BCUT2D eigenvalue weighted by Gasteiger charge is -2.56. The maximum Gasteiger partial charge on any atom is 0.289 e. The molecule has 0 aromatic carbocycles. The molecule has 2 atom stereocenters. The number of ether oxygens (including phenoxy) is 1. The fourth-order valence-electron chi connectivity index (χ4n) is 3.94. The first-order chi connectivity index (χ1) is 10.5. The van der Waals surface area contributed by atoms with E-state index >= 15 is 0 Å².